The third-order valence-corrected chi connectivity index (χ3v) is 6.86. The Morgan fingerprint density at radius 1 is 1.16 bits per heavy atom. The lowest BCUT2D eigenvalue weighted by atomic mass is 10.2. The van der Waals surface area contributed by atoms with Gasteiger partial charge in [-0.15, -0.1) is 0 Å². The molecule has 3 rings (SSSR count). The average Bonchev–Trinajstić information content (AvgIpc) is 2.72. The minimum Gasteiger partial charge on any atom is -0.489 e. The summed E-state index contributed by atoms with van der Waals surface area (Å²) in [5, 5.41) is 3.31. The molecule has 7 nitrogen and oxygen atoms in total. The van der Waals surface area contributed by atoms with Crippen molar-refractivity contribution in [2.24, 2.45) is 0 Å². The van der Waals surface area contributed by atoms with Crippen LogP contribution in [-0.4, -0.2) is 56.2 Å². The quantitative estimate of drug-likeness (QED) is 0.646. The van der Waals surface area contributed by atoms with Gasteiger partial charge >= 0.3 is 0 Å². The monoisotopic (exact) mass is 466 g/mol. The summed E-state index contributed by atoms with van der Waals surface area (Å²) in [4.78, 5) is 12.5. The summed E-state index contributed by atoms with van der Waals surface area (Å²) in [7, 11) is -3.47. The lowest BCUT2D eigenvalue weighted by molar-refractivity contribution is -0.0440. The zero-order valence-electron chi connectivity index (χ0n) is 17.6. The van der Waals surface area contributed by atoms with Crippen molar-refractivity contribution in [1.82, 2.24) is 9.62 Å². The van der Waals surface area contributed by atoms with Gasteiger partial charge in [0.15, 0.2) is 0 Å². The molecule has 0 radical (unpaired) electrons. The van der Waals surface area contributed by atoms with Crippen LogP contribution in [0.5, 0.6) is 5.75 Å². The zero-order chi connectivity index (χ0) is 22.4. The standard InChI is InChI=1S/C22H27ClN2O5S/c1-16-13-25(14-17(2)30-16)31(27,28)10-9-24-22(26)19-6-4-8-21(12-19)29-15-18-5-3-7-20(23)11-18/h3-8,11-12,16-17H,9-10,13-15H2,1-2H3,(H,24,26). The molecule has 2 atom stereocenters. The molecule has 168 valence electrons. The van der Waals surface area contributed by atoms with Crippen molar-refractivity contribution in [3.8, 4) is 5.75 Å². The Morgan fingerprint density at radius 3 is 2.58 bits per heavy atom. The predicted molar refractivity (Wildman–Crippen MR) is 120 cm³/mol. The lowest BCUT2D eigenvalue weighted by Gasteiger charge is -2.34. The highest BCUT2D eigenvalue weighted by molar-refractivity contribution is 7.89. The van der Waals surface area contributed by atoms with E-state index in [2.05, 4.69) is 5.32 Å². The molecule has 0 bridgehead atoms. The minimum absolute atomic E-state index is 0.0227. The summed E-state index contributed by atoms with van der Waals surface area (Å²) < 4.78 is 37.9. The van der Waals surface area contributed by atoms with Crippen molar-refractivity contribution in [2.45, 2.75) is 32.7 Å². The maximum absolute atomic E-state index is 12.6. The van der Waals surface area contributed by atoms with Crippen LogP contribution in [-0.2, 0) is 21.4 Å². The van der Waals surface area contributed by atoms with Gasteiger partial charge in [0.1, 0.15) is 12.4 Å². The summed E-state index contributed by atoms with van der Waals surface area (Å²) in [5.41, 5.74) is 1.31. The molecular formula is C22H27ClN2O5S. The van der Waals surface area contributed by atoms with Crippen LogP contribution in [0.25, 0.3) is 0 Å². The Morgan fingerprint density at radius 2 is 1.87 bits per heavy atom. The molecule has 0 spiro atoms. The van der Waals surface area contributed by atoms with Crippen LogP contribution in [0.2, 0.25) is 5.02 Å². The molecule has 9 heteroatoms. The zero-order valence-corrected chi connectivity index (χ0v) is 19.2. The van der Waals surface area contributed by atoms with Crippen molar-refractivity contribution < 1.29 is 22.7 Å². The molecule has 1 amide bonds. The molecule has 1 fully saturated rings. The molecule has 1 heterocycles. The van der Waals surface area contributed by atoms with Crippen LogP contribution >= 0.6 is 11.6 Å². The second-order valence-electron chi connectivity index (χ2n) is 7.59. The first-order chi connectivity index (χ1) is 14.7. The Hall–Kier alpha value is -2.13. The Balaban J connectivity index is 1.52. The molecule has 1 aliphatic rings. The molecule has 2 unspecified atom stereocenters. The molecule has 2 aromatic rings. The lowest BCUT2D eigenvalue weighted by Crippen LogP contribution is -2.49. The van der Waals surface area contributed by atoms with Gasteiger partial charge in [0.2, 0.25) is 10.0 Å². The fourth-order valence-corrected chi connectivity index (χ4v) is 5.11. The van der Waals surface area contributed by atoms with Crippen LogP contribution in [0.1, 0.15) is 29.8 Å². The number of hydrogen-bond acceptors (Lipinski definition) is 5. The van der Waals surface area contributed by atoms with Gasteiger partial charge in [-0.1, -0.05) is 29.8 Å². The number of morpholine rings is 1. The smallest absolute Gasteiger partial charge is 0.251 e. The van der Waals surface area contributed by atoms with E-state index in [1.54, 1.807) is 30.3 Å². The van der Waals surface area contributed by atoms with Crippen molar-refractivity contribution in [1.29, 1.82) is 0 Å². The first kappa shape index (κ1) is 23.5. The highest BCUT2D eigenvalue weighted by Gasteiger charge is 2.30. The molecule has 31 heavy (non-hydrogen) atoms. The highest BCUT2D eigenvalue weighted by Crippen LogP contribution is 2.18. The number of rotatable bonds is 8. The number of ether oxygens (including phenoxy) is 2. The maximum Gasteiger partial charge on any atom is 0.251 e. The summed E-state index contributed by atoms with van der Waals surface area (Å²) in [5.74, 6) is 0.0204. The maximum atomic E-state index is 12.6. The minimum atomic E-state index is -3.47. The molecule has 0 saturated carbocycles. The van der Waals surface area contributed by atoms with Crippen LogP contribution in [0.4, 0.5) is 0 Å². The topological polar surface area (TPSA) is 84.9 Å². The first-order valence-electron chi connectivity index (χ1n) is 10.1. The van der Waals surface area contributed by atoms with E-state index in [9.17, 15) is 13.2 Å². The molecule has 1 aliphatic heterocycles. The molecule has 2 aromatic carbocycles. The van der Waals surface area contributed by atoms with Gasteiger partial charge in [-0.25, -0.2) is 8.42 Å². The van der Waals surface area contributed by atoms with E-state index in [0.29, 0.717) is 36.0 Å². The van der Waals surface area contributed by atoms with Gasteiger partial charge in [0.25, 0.3) is 5.91 Å². The Kier molecular flexibility index (Phi) is 7.94. The average molecular weight is 467 g/mol. The number of halogens is 1. The van der Waals surface area contributed by atoms with E-state index >= 15 is 0 Å². The normalized spacial score (nSPS) is 19.7. The van der Waals surface area contributed by atoms with Crippen LogP contribution < -0.4 is 10.1 Å². The van der Waals surface area contributed by atoms with E-state index in [4.69, 9.17) is 21.1 Å². The van der Waals surface area contributed by atoms with Gasteiger partial charge in [-0.2, -0.15) is 4.31 Å². The summed E-state index contributed by atoms with van der Waals surface area (Å²) in [6.07, 6.45) is -0.300. The Bertz CT molecular complexity index is 1000. The van der Waals surface area contributed by atoms with Crippen molar-refractivity contribution >= 4 is 27.5 Å². The van der Waals surface area contributed by atoms with E-state index in [0.717, 1.165) is 5.56 Å². The van der Waals surface area contributed by atoms with Crippen LogP contribution in [0.15, 0.2) is 48.5 Å². The highest BCUT2D eigenvalue weighted by atomic mass is 35.5. The summed E-state index contributed by atoms with van der Waals surface area (Å²) in [6, 6.07) is 14.1. The van der Waals surface area contributed by atoms with Crippen molar-refractivity contribution in [3.63, 3.8) is 0 Å². The number of amides is 1. The first-order valence-corrected chi connectivity index (χ1v) is 12.1. The number of sulfonamides is 1. The molecule has 0 aliphatic carbocycles. The van der Waals surface area contributed by atoms with Gasteiger partial charge in [-0.05, 0) is 49.7 Å². The number of hydrogen-bond donors (Lipinski definition) is 1. The molecule has 0 aromatic heterocycles. The molecular weight excluding hydrogens is 440 g/mol. The van der Waals surface area contributed by atoms with Gasteiger partial charge in [-0.3, -0.25) is 4.79 Å². The second kappa shape index (κ2) is 10.5. The number of nitrogens with one attached hydrogen (secondary N) is 1. The molecule has 1 N–H and O–H groups in total. The Labute approximate surface area is 188 Å². The van der Waals surface area contributed by atoms with E-state index in [1.165, 1.54) is 4.31 Å². The van der Waals surface area contributed by atoms with Gasteiger partial charge in [0.05, 0.1) is 18.0 Å². The summed E-state index contributed by atoms with van der Waals surface area (Å²) >= 11 is 5.98. The second-order valence-corrected chi connectivity index (χ2v) is 10.1. The number of carbonyl (C=O) groups excluding carboxylic acids is 1. The number of benzene rings is 2. The van der Waals surface area contributed by atoms with E-state index in [1.807, 2.05) is 32.0 Å². The van der Waals surface area contributed by atoms with Crippen LogP contribution in [0, 0.1) is 0 Å². The van der Waals surface area contributed by atoms with Gasteiger partial charge < -0.3 is 14.8 Å². The third kappa shape index (κ3) is 6.93. The van der Waals surface area contributed by atoms with Gasteiger partial charge in [0, 0.05) is 30.2 Å². The SMILES string of the molecule is CC1CN(S(=O)(=O)CCNC(=O)c2cccc(OCc3cccc(Cl)c3)c2)CC(C)O1. The van der Waals surface area contributed by atoms with E-state index in [-0.39, 0.29) is 30.4 Å². The number of carbonyl (C=O) groups is 1. The van der Waals surface area contributed by atoms with Crippen molar-refractivity contribution in [2.75, 3.05) is 25.4 Å². The fourth-order valence-electron chi connectivity index (χ4n) is 3.40. The van der Waals surface area contributed by atoms with E-state index < -0.39 is 10.0 Å². The third-order valence-electron chi connectivity index (χ3n) is 4.82. The fraction of sp³-hybridized carbons (Fsp3) is 0.409. The van der Waals surface area contributed by atoms with Crippen molar-refractivity contribution in [3.05, 3.63) is 64.7 Å². The molecule has 1 saturated heterocycles. The predicted octanol–water partition coefficient (Wildman–Crippen LogP) is 3.09. The number of nitrogens with zero attached hydrogens (tertiary/aromatic N) is 1. The van der Waals surface area contributed by atoms with Crippen LogP contribution in [0.3, 0.4) is 0 Å². The summed E-state index contributed by atoms with van der Waals surface area (Å²) in [6.45, 7) is 4.69. The largest absolute Gasteiger partial charge is 0.489 e.